The van der Waals surface area contributed by atoms with Crippen molar-refractivity contribution in [3.63, 3.8) is 0 Å². The maximum Gasteiger partial charge on any atom is 0.232 e. The van der Waals surface area contributed by atoms with Gasteiger partial charge in [-0.15, -0.1) is 0 Å². The molecule has 0 spiro atoms. The van der Waals surface area contributed by atoms with Gasteiger partial charge in [0.2, 0.25) is 5.71 Å². The van der Waals surface area contributed by atoms with Crippen LogP contribution >= 0.6 is 0 Å². The van der Waals surface area contributed by atoms with Gasteiger partial charge in [0.25, 0.3) is 0 Å². The van der Waals surface area contributed by atoms with E-state index in [0.717, 1.165) is 71.1 Å². The molecule has 7 heteroatoms. The van der Waals surface area contributed by atoms with Gasteiger partial charge >= 0.3 is 0 Å². The second-order valence-electron chi connectivity index (χ2n) is 7.97. The van der Waals surface area contributed by atoms with Crippen molar-refractivity contribution >= 4 is 16.9 Å². The number of methoxy groups -OCH3 is 2. The molecular weight excluding hydrogens is 404 g/mol. The minimum absolute atomic E-state index is 0.240. The highest BCUT2D eigenvalue weighted by molar-refractivity contribution is 6.06. The van der Waals surface area contributed by atoms with Crippen LogP contribution in [-0.2, 0) is 0 Å². The van der Waals surface area contributed by atoms with Crippen LogP contribution in [0, 0.1) is 0 Å². The van der Waals surface area contributed by atoms with Gasteiger partial charge < -0.3 is 24.5 Å². The number of rotatable bonds is 5. The van der Waals surface area contributed by atoms with E-state index in [2.05, 4.69) is 14.9 Å². The third kappa shape index (κ3) is 3.65. The highest BCUT2D eigenvalue weighted by Crippen LogP contribution is 2.44. The topological polar surface area (TPSA) is 86.6 Å². The fraction of sp³-hybridized carbons (Fsp3) is 0.280. The molecule has 0 unspecified atom stereocenters. The maximum atomic E-state index is 6.35. The molecule has 1 fully saturated rings. The van der Waals surface area contributed by atoms with E-state index in [0.29, 0.717) is 5.71 Å². The largest absolute Gasteiger partial charge is 0.497 e. The van der Waals surface area contributed by atoms with Crippen molar-refractivity contribution in [1.82, 2.24) is 9.97 Å². The molecule has 1 aliphatic heterocycles. The average molecular weight is 431 g/mol. The summed E-state index contributed by atoms with van der Waals surface area (Å²) in [5, 5.41) is 0.916. The van der Waals surface area contributed by atoms with Gasteiger partial charge in [-0.2, -0.15) is 0 Å². The average Bonchev–Trinajstić information content (AvgIpc) is 3.24. The van der Waals surface area contributed by atoms with E-state index >= 15 is 0 Å². The number of ether oxygens (including phenoxy) is 2. The van der Waals surface area contributed by atoms with E-state index in [1.54, 1.807) is 20.5 Å². The Bertz CT molecular complexity index is 1210. The second-order valence-corrected chi connectivity index (χ2v) is 7.97. The minimum Gasteiger partial charge on any atom is -0.497 e. The summed E-state index contributed by atoms with van der Waals surface area (Å²) in [6.45, 7) is 1.72. The van der Waals surface area contributed by atoms with Crippen LogP contribution in [-0.4, -0.2) is 43.3 Å². The number of anilines is 1. The van der Waals surface area contributed by atoms with Gasteiger partial charge in [-0.1, -0.05) is 12.1 Å². The lowest BCUT2D eigenvalue weighted by molar-refractivity contribution is 0.414. The van der Waals surface area contributed by atoms with Crippen LogP contribution < -0.4 is 20.1 Å². The lowest BCUT2D eigenvalue weighted by atomic mass is 9.98. The van der Waals surface area contributed by atoms with Crippen molar-refractivity contribution in [2.45, 2.75) is 18.9 Å². The fourth-order valence-electron chi connectivity index (χ4n) is 4.25. The first-order valence-electron chi connectivity index (χ1n) is 10.7. The van der Waals surface area contributed by atoms with Gasteiger partial charge in [-0.25, -0.2) is 9.97 Å². The van der Waals surface area contributed by atoms with E-state index in [1.165, 1.54) is 0 Å². The first-order chi connectivity index (χ1) is 15.7. The zero-order valence-electron chi connectivity index (χ0n) is 18.2. The van der Waals surface area contributed by atoms with E-state index < -0.39 is 0 Å². The van der Waals surface area contributed by atoms with Crippen LogP contribution in [0.2, 0.25) is 0 Å². The molecule has 2 N–H and O–H groups in total. The molecule has 5 rings (SSSR count). The number of benzene rings is 2. The predicted octanol–water partition coefficient (Wildman–Crippen LogP) is 4.50. The van der Waals surface area contributed by atoms with Crippen molar-refractivity contribution in [3.8, 4) is 33.9 Å². The van der Waals surface area contributed by atoms with Gasteiger partial charge in [0.1, 0.15) is 29.4 Å². The van der Waals surface area contributed by atoms with Gasteiger partial charge in [-0.3, -0.25) is 0 Å². The molecule has 0 bridgehead atoms. The molecular formula is C25H26N4O3. The van der Waals surface area contributed by atoms with Crippen molar-refractivity contribution in [1.29, 1.82) is 0 Å². The number of piperidine rings is 1. The lowest BCUT2D eigenvalue weighted by Crippen LogP contribution is -2.40. The molecule has 1 saturated heterocycles. The Balaban J connectivity index is 1.72. The summed E-state index contributed by atoms with van der Waals surface area (Å²) in [4.78, 5) is 11.4. The summed E-state index contributed by atoms with van der Waals surface area (Å²) < 4.78 is 17.0. The number of nitrogens with two attached hydrogens (primary N) is 1. The Morgan fingerprint density at radius 2 is 1.47 bits per heavy atom. The zero-order valence-corrected chi connectivity index (χ0v) is 18.2. The maximum absolute atomic E-state index is 6.35. The molecule has 0 radical (unpaired) electrons. The molecule has 4 aromatic rings. The summed E-state index contributed by atoms with van der Waals surface area (Å²) >= 11 is 0. The van der Waals surface area contributed by atoms with Crippen LogP contribution in [0.1, 0.15) is 12.8 Å². The van der Waals surface area contributed by atoms with E-state index in [9.17, 15) is 0 Å². The Morgan fingerprint density at radius 1 is 0.875 bits per heavy atom. The van der Waals surface area contributed by atoms with E-state index in [4.69, 9.17) is 19.6 Å². The number of furan rings is 1. The summed E-state index contributed by atoms with van der Waals surface area (Å²) in [5.74, 6) is 3.23. The predicted molar refractivity (Wildman–Crippen MR) is 125 cm³/mol. The second kappa shape index (κ2) is 8.51. The Labute approximate surface area is 186 Å². The number of aromatic nitrogens is 2. The molecule has 164 valence electrons. The van der Waals surface area contributed by atoms with Crippen LogP contribution in [0.4, 0.5) is 5.82 Å². The van der Waals surface area contributed by atoms with Crippen molar-refractivity contribution < 1.29 is 13.9 Å². The van der Waals surface area contributed by atoms with Crippen molar-refractivity contribution in [2.75, 3.05) is 32.2 Å². The van der Waals surface area contributed by atoms with Crippen molar-refractivity contribution in [3.05, 3.63) is 54.9 Å². The zero-order chi connectivity index (χ0) is 22.1. The highest BCUT2D eigenvalue weighted by Gasteiger charge is 2.26. The normalized spacial score (nSPS) is 14.7. The Hall–Kier alpha value is -3.58. The van der Waals surface area contributed by atoms with Gasteiger partial charge in [0.05, 0.1) is 19.6 Å². The first kappa shape index (κ1) is 20.3. The SMILES string of the molecule is COc1ccc(-c2oc3ncnc(N4CCC(N)CC4)c3c2-c2ccc(OC)cc2)cc1. The molecule has 1 aliphatic rings. The molecule has 2 aromatic carbocycles. The van der Waals surface area contributed by atoms with Crippen LogP contribution in [0.25, 0.3) is 33.6 Å². The molecule has 2 aromatic heterocycles. The summed E-state index contributed by atoms with van der Waals surface area (Å²) in [6, 6.07) is 16.1. The van der Waals surface area contributed by atoms with Crippen LogP contribution in [0.15, 0.2) is 59.3 Å². The molecule has 3 heterocycles. The third-order valence-electron chi connectivity index (χ3n) is 6.04. The van der Waals surface area contributed by atoms with Crippen LogP contribution in [0.5, 0.6) is 11.5 Å². The molecule has 7 nitrogen and oxygen atoms in total. The van der Waals surface area contributed by atoms with Crippen molar-refractivity contribution in [2.24, 2.45) is 5.73 Å². The lowest BCUT2D eigenvalue weighted by Gasteiger charge is -2.31. The van der Waals surface area contributed by atoms with Gasteiger partial charge in [-0.05, 0) is 54.8 Å². The number of nitrogens with zero attached hydrogens (tertiary/aromatic N) is 3. The standard InChI is InChI=1S/C25H26N4O3/c1-30-19-7-3-16(4-8-19)21-22-24(29-13-11-18(26)12-14-29)27-15-28-25(22)32-23(21)17-5-9-20(31-2)10-6-17/h3-10,15,18H,11-14,26H2,1-2H3. The Kier molecular flexibility index (Phi) is 5.41. The first-order valence-corrected chi connectivity index (χ1v) is 10.7. The monoisotopic (exact) mass is 430 g/mol. The van der Waals surface area contributed by atoms with E-state index in [-0.39, 0.29) is 6.04 Å². The van der Waals surface area contributed by atoms with E-state index in [1.807, 2.05) is 48.5 Å². The Morgan fingerprint density at radius 3 is 2.06 bits per heavy atom. The molecule has 0 aliphatic carbocycles. The summed E-state index contributed by atoms with van der Waals surface area (Å²) in [5.41, 5.74) is 9.64. The fourth-order valence-corrected chi connectivity index (χ4v) is 4.25. The number of hydrogen-bond acceptors (Lipinski definition) is 7. The minimum atomic E-state index is 0.240. The summed E-state index contributed by atoms with van der Waals surface area (Å²) in [7, 11) is 3.32. The highest BCUT2D eigenvalue weighted by atomic mass is 16.5. The molecule has 0 atom stereocenters. The smallest absolute Gasteiger partial charge is 0.232 e. The number of fused-ring (bicyclic) bond motifs is 1. The summed E-state index contributed by atoms with van der Waals surface area (Å²) in [6.07, 6.45) is 3.45. The number of hydrogen-bond donors (Lipinski definition) is 1. The third-order valence-corrected chi connectivity index (χ3v) is 6.04. The quantitative estimate of drug-likeness (QED) is 0.499. The van der Waals surface area contributed by atoms with Crippen LogP contribution in [0.3, 0.4) is 0 Å². The molecule has 0 amide bonds. The van der Waals surface area contributed by atoms with Gasteiger partial charge in [0, 0.05) is 30.3 Å². The molecule has 32 heavy (non-hydrogen) atoms. The van der Waals surface area contributed by atoms with Gasteiger partial charge in [0.15, 0.2) is 0 Å². The molecule has 0 saturated carbocycles.